The molecule has 0 spiro atoms. The average molecular weight is 661 g/mol. The Kier molecular flexibility index (Phi) is 5.84. The van der Waals surface area contributed by atoms with Crippen molar-refractivity contribution in [3.63, 3.8) is 0 Å². The molecule has 0 aliphatic carbocycles. The molecule has 3 fully saturated rings. The molecule has 8 heteroatoms. The largest absolute Gasteiger partial charge is 0.462 e. The van der Waals surface area contributed by atoms with Gasteiger partial charge in [-0.3, -0.25) is 4.90 Å². The Labute approximate surface area is 287 Å². The first kappa shape index (κ1) is 29.4. The number of hydrogen-bond acceptors (Lipinski definition) is 6. The van der Waals surface area contributed by atoms with E-state index in [1.54, 1.807) is 5.56 Å². The zero-order valence-corrected chi connectivity index (χ0v) is 29.3. The summed E-state index contributed by atoms with van der Waals surface area (Å²) in [6.07, 6.45) is 6.76. The van der Waals surface area contributed by atoms with Crippen LogP contribution in [0.1, 0.15) is 66.9 Å². The van der Waals surface area contributed by atoms with Crippen LogP contribution in [0.3, 0.4) is 0 Å². The number of likely N-dealkylation sites (N-methyl/N-ethyl adjacent to an activating group) is 1. The van der Waals surface area contributed by atoms with Crippen molar-refractivity contribution in [2.45, 2.75) is 82.0 Å². The summed E-state index contributed by atoms with van der Waals surface area (Å²) in [5, 5.41) is 24.1. The second kappa shape index (κ2) is 9.72. The number of aliphatic hydroxyl groups excluding tert-OH is 2. The second-order valence-electron chi connectivity index (χ2n) is 16.8. The highest BCUT2D eigenvalue weighted by Crippen LogP contribution is 2.59. The molecular weight excluding hydrogens is 612 g/mol. The molecular formula is C41H48N4O4. The smallest absolute Gasteiger partial charge is 0.211 e. The highest BCUT2D eigenvalue weighted by atomic mass is 16.7. The summed E-state index contributed by atoms with van der Waals surface area (Å²) in [5.41, 5.74) is 11.0. The van der Waals surface area contributed by atoms with Crippen molar-refractivity contribution in [1.29, 1.82) is 0 Å². The van der Waals surface area contributed by atoms with Gasteiger partial charge < -0.3 is 33.7 Å². The van der Waals surface area contributed by atoms with Gasteiger partial charge in [0.2, 0.25) is 5.79 Å². The number of aromatic nitrogens is 2. The molecule has 8 aliphatic rings. The molecule has 4 aromatic rings. The van der Waals surface area contributed by atoms with Gasteiger partial charge in [0.1, 0.15) is 5.75 Å². The molecule has 8 nitrogen and oxygen atoms in total. The highest BCUT2D eigenvalue weighted by molar-refractivity contribution is 5.92. The van der Waals surface area contributed by atoms with Crippen molar-refractivity contribution >= 4 is 21.8 Å². The number of nitrogens with zero attached hydrogens (tertiary/aromatic N) is 4. The number of aliphatic hydroxyl groups is 2. The molecule has 6 bridgehead atoms. The lowest BCUT2D eigenvalue weighted by molar-refractivity contribution is -0.280. The molecule has 256 valence electrons. The van der Waals surface area contributed by atoms with Gasteiger partial charge in [-0.15, -0.1) is 0 Å². The van der Waals surface area contributed by atoms with Gasteiger partial charge >= 0.3 is 0 Å². The number of rotatable bonds is 2. The van der Waals surface area contributed by atoms with Crippen molar-refractivity contribution in [2.24, 2.45) is 43.7 Å². The number of aryl methyl sites for hydroxylation is 2. The second-order valence-corrected chi connectivity index (χ2v) is 16.8. The summed E-state index contributed by atoms with van der Waals surface area (Å²) in [5.74, 6) is 1.92. The van der Waals surface area contributed by atoms with Gasteiger partial charge in [0.05, 0.1) is 24.8 Å². The lowest BCUT2D eigenvalue weighted by Gasteiger charge is -2.59. The van der Waals surface area contributed by atoms with Crippen LogP contribution in [0.25, 0.3) is 21.8 Å². The SMILES string of the molecule is C[C@H](O)C1=CN2[C@H]3C[C@H]1[C@@H](CO)[C@@H]2Cc1c3n(C)c2ccc3c(c12)C[C@H]1[C@@H]2C[C@H]4c5c(c6ccccc6n5C)C[C@@H]([C@@H]2CO[C@@]1(C)O3)N4C. The Hall–Kier alpha value is -3.30. The van der Waals surface area contributed by atoms with Crippen molar-refractivity contribution in [3.05, 3.63) is 76.2 Å². The third-order valence-electron chi connectivity index (χ3n) is 15.0. The minimum atomic E-state index is -0.645. The van der Waals surface area contributed by atoms with Crippen LogP contribution in [0.2, 0.25) is 0 Å². The number of benzene rings is 2. The quantitative estimate of drug-likeness (QED) is 0.301. The summed E-state index contributed by atoms with van der Waals surface area (Å²) >= 11 is 0. The van der Waals surface area contributed by atoms with E-state index in [0.29, 0.717) is 23.9 Å². The molecule has 3 saturated heterocycles. The standard InChI is InChI=1S/C41H48N4O4/c1-20(47)27-17-45-34-16-26-38-25-12-30-23-14-35-39-24(21-8-6-7-9-31(21)43(39)4)15-33(42(35)3)29(23)19-48-41(30,2)49-37(25)11-10-32(38)44(5)40(26)36(45)13-22(27)28(34)18-46/h6-11,17,20,22-23,28-30,33-36,46-47H,12-16,18-19H2,1-5H3/t20-,22+,23+,28+,29+,30-,33-,34-,35-,36-,41-/m0/s1. The Morgan fingerprint density at radius 2 is 1.65 bits per heavy atom. The fourth-order valence-corrected chi connectivity index (χ4v) is 12.8. The molecule has 2 aromatic heterocycles. The topological polar surface area (TPSA) is 75.3 Å². The molecule has 8 aliphatic heterocycles. The Balaban J connectivity index is 1.02. The van der Waals surface area contributed by atoms with Crippen LogP contribution < -0.4 is 4.74 Å². The summed E-state index contributed by atoms with van der Waals surface area (Å²) < 4.78 is 18.9. The maximum absolute atomic E-state index is 10.7. The van der Waals surface area contributed by atoms with Gasteiger partial charge in [-0.1, -0.05) is 18.2 Å². The average Bonchev–Trinajstić information content (AvgIpc) is 3.53. The Morgan fingerprint density at radius 1 is 0.878 bits per heavy atom. The monoisotopic (exact) mass is 660 g/mol. The van der Waals surface area contributed by atoms with Crippen LogP contribution in [0, 0.1) is 29.6 Å². The zero-order chi connectivity index (χ0) is 33.2. The lowest BCUT2D eigenvalue weighted by Crippen LogP contribution is -2.64. The molecule has 0 saturated carbocycles. The predicted molar refractivity (Wildman–Crippen MR) is 188 cm³/mol. The molecule has 10 heterocycles. The molecule has 2 N–H and O–H groups in total. The van der Waals surface area contributed by atoms with Crippen molar-refractivity contribution in [2.75, 3.05) is 20.3 Å². The Morgan fingerprint density at radius 3 is 2.47 bits per heavy atom. The van der Waals surface area contributed by atoms with Gasteiger partial charge in [-0.2, -0.15) is 0 Å². The van der Waals surface area contributed by atoms with E-state index in [0.717, 1.165) is 50.0 Å². The van der Waals surface area contributed by atoms with Crippen molar-refractivity contribution in [3.8, 4) is 5.75 Å². The van der Waals surface area contributed by atoms with Gasteiger partial charge in [0.15, 0.2) is 0 Å². The lowest BCUT2D eigenvalue weighted by atomic mass is 9.61. The van der Waals surface area contributed by atoms with E-state index in [1.165, 1.54) is 44.3 Å². The van der Waals surface area contributed by atoms with Crippen molar-refractivity contribution in [1.82, 2.24) is 18.9 Å². The van der Waals surface area contributed by atoms with Crippen LogP contribution in [0.5, 0.6) is 5.75 Å². The molecule has 11 atom stereocenters. The molecule has 0 radical (unpaired) electrons. The van der Waals surface area contributed by atoms with E-state index in [-0.39, 0.29) is 36.4 Å². The van der Waals surface area contributed by atoms with E-state index in [4.69, 9.17) is 9.47 Å². The van der Waals surface area contributed by atoms with Gasteiger partial charge in [-0.05, 0) is 92.8 Å². The first-order chi connectivity index (χ1) is 23.7. The first-order valence-corrected chi connectivity index (χ1v) is 18.7. The molecule has 49 heavy (non-hydrogen) atoms. The van der Waals surface area contributed by atoms with Gasteiger partial charge in [0.25, 0.3) is 0 Å². The third-order valence-corrected chi connectivity index (χ3v) is 15.0. The van der Waals surface area contributed by atoms with E-state index in [2.05, 4.69) is 89.6 Å². The van der Waals surface area contributed by atoms with E-state index < -0.39 is 11.9 Å². The summed E-state index contributed by atoms with van der Waals surface area (Å²) in [6.45, 7) is 4.98. The maximum Gasteiger partial charge on any atom is 0.211 e. The molecule has 2 aromatic carbocycles. The van der Waals surface area contributed by atoms with Gasteiger partial charge in [0, 0.05) is 102 Å². The summed E-state index contributed by atoms with van der Waals surface area (Å²) in [4.78, 5) is 5.16. The zero-order valence-electron chi connectivity index (χ0n) is 29.3. The van der Waals surface area contributed by atoms with Crippen LogP contribution >= 0.6 is 0 Å². The molecule has 12 rings (SSSR count). The number of para-hydroxylation sites is 1. The van der Waals surface area contributed by atoms with E-state index in [9.17, 15) is 10.2 Å². The number of fused-ring (bicyclic) bond motifs is 15. The fourth-order valence-electron chi connectivity index (χ4n) is 12.8. The van der Waals surface area contributed by atoms with Crippen LogP contribution in [0.15, 0.2) is 48.2 Å². The predicted octanol–water partition coefficient (Wildman–Crippen LogP) is 5.38. The van der Waals surface area contributed by atoms with E-state index >= 15 is 0 Å². The van der Waals surface area contributed by atoms with Crippen LogP contribution in [-0.2, 0) is 38.1 Å². The summed E-state index contributed by atoms with van der Waals surface area (Å²) in [6, 6.07) is 14.8. The number of ether oxygens (including phenoxy) is 2. The fraction of sp³-hybridized carbons (Fsp3) is 0.561. The van der Waals surface area contributed by atoms with Crippen LogP contribution in [-0.4, -0.2) is 73.4 Å². The summed E-state index contributed by atoms with van der Waals surface area (Å²) in [7, 11) is 6.86. The first-order valence-electron chi connectivity index (χ1n) is 18.7. The minimum absolute atomic E-state index is 0.138. The number of piperidine rings is 2. The third kappa shape index (κ3) is 3.54. The normalized spacial score (nSPS) is 37.6. The Bertz CT molecular complexity index is 2110. The van der Waals surface area contributed by atoms with E-state index in [1.807, 2.05) is 6.92 Å². The number of hydrogen-bond donors (Lipinski definition) is 2. The van der Waals surface area contributed by atoms with Gasteiger partial charge in [-0.25, -0.2) is 0 Å². The van der Waals surface area contributed by atoms with Crippen LogP contribution in [0.4, 0.5) is 0 Å². The minimum Gasteiger partial charge on any atom is -0.462 e. The highest BCUT2D eigenvalue weighted by Gasteiger charge is 2.59. The van der Waals surface area contributed by atoms with Crippen molar-refractivity contribution < 1.29 is 19.7 Å². The molecule has 0 unspecified atom stereocenters. The molecule has 0 amide bonds. The maximum atomic E-state index is 10.7.